The van der Waals surface area contributed by atoms with Gasteiger partial charge in [-0.25, -0.2) is 0 Å². The largest absolute Gasteiger partial charge is 0.426 e. The lowest BCUT2D eigenvalue weighted by atomic mass is 10.0. The maximum Gasteiger partial charge on any atom is 0.308 e. The van der Waals surface area contributed by atoms with Crippen molar-refractivity contribution >= 4 is 18.2 Å². The van der Waals surface area contributed by atoms with Gasteiger partial charge in [0.25, 0.3) is 0 Å². The molecular formula is C24H29NO9. The monoisotopic (exact) mass is 475 g/mol. The summed E-state index contributed by atoms with van der Waals surface area (Å²) in [6.45, 7) is 1.66. The molecule has 0 aliphatic heterocycles. The molecule has 0 radical (unpaired) electrons. The van der Waals surface area contributed by atoms with E-state index >= 15 is 0 Å². The van der Waals surface area contributed by atoms with Crippen LogP contribution in [0.25, 0.3) is 0 Å². The third-order valence-electron chi connectivity index (χ3n) is 4.83. The minimum Gasteiger partial charge on any atom is -0.426 e. The summed E-state index contributed by atoms with van der Waals surface area (Å²) in [5.41, 5.74) is 1.04. The molecule has 2 aromatic carbocycles. The zero-order valence-electron chi connectivity index (χ0n) is 18.9. The summed E-state index contributed by atoms with van der Waals surface area (Å²) in [5.74, 6) is -0.486. The molecule has 0 spiro atoms. The Kier molecular flexibility index (Phi) is 10.8. The van der Waals surface area contributed by atoms with Gasteiger partial charge >= 0.3 is 11.9 Å². The lowest BCUT2D eigenvalue weighted by Crippen LogP contribution is -2.53. The van der Waals surface area contributed by atoms with E-state index in [1.165, 1.54) is 13.8 Å². The molecule has 0 aliphatic rings. The lowest BCUT2D eigenvalue weighted by molar-refractivity contribution is -0.134. The second-order valence-corrected chi connectivity index (χ2v) is 7.46. The van der Waals surface area contributed by atoms with Gasteiger partial charge in [-0.3, -0.25) is 9.59 Å². The van der Waals surface area contributed by atoms with Crippen LogP contribution in [0.2, 0.25) is 0 Å². The Labute approximate surface area is 197 Å². The van der Waals surface area contributed by atoms with Crippen LogP contribution in [0.1, 0.15) is 25.0 Å². The summed E-state index contributed by atoms with van der Waals surface area (Å²) >= 11 is 0. The predicted molar refractivity (Wildman–Crippen MR) is 120 cm³/mol. The van der Waals surface area contributed by atoms with E-state index in [0.29, 0.717) is 23.2 Å². The second kappa shape index (κ2) is 13.5. The first-order valence-corrected chi connectivity index (χ1v) is 10.6. The van der Waals surface area contributed by atoms with Crippen LogP contribution in [0.5, 0.6) is 11.5 Å². The first-order valence-electron chi connectivity index (χ1n) is 10.6. The molecule has 0 unspecified atom stereocenters. The van der Waals surface area contributed by atoms with Crippen LogP contribution in [0, 0.1) is 0 Å². The number of ether oxygens (including phenoxy) is 3. The third-order valence-corrected chi connectivity index (χ3v) is 4.83. The lowest BCUT2D eigenvalue weighted by Gasteiger charge is -2.31. The number of rotatable bonds is 13. The SMILES string of the molecule is CC(=O)Oc1ccccc1CN[C@H](C=O)[C@@H](OCc1ccccc1OC(C)=O)[C@H](O)[C@H](O)CO. The van der Waals surface area contributed by atoms with Crippen molar-refractivity contribution in [3.63, 3.8) is 0 Å². The number of aliphatic hydroxyl groups is 3. The molecule has 4 N–H and O–H groups in total. The fourth-order valence-electron chi connectivity index (χ4n) is 3.18. The number of carbonyl (C=O) groups excluding carboxylic acids is 3. The number of nitrogens with one attached hydrogen (secondary N) is 1. The average Bonchev–Trinajstić information content (AvgIpc) is 2.81. The van der Waals surface area contributed by atoms with E-state index in [1.807, 2.05) is 0 Å². The van der Waals surface area contributed by atoms with E-state index in [-0.39, 0.29) is 18.9 Å². The van der Waals surface area contributed by atoms with Crippen molar-refractivity contribution in [2.45, 2.75) is 51.4 Å². The van der Waals surface area contributed by atoms with Crippen molar-refractivity contribution in [3.8, 4) is 11.5 Å². The van der Waals surface area contributed by atoms with Crippen LogP contribution in [0.3, 0.4) is 0 Å². The Morgan fingerprint density at radius 1 is 0.941 bits per heavy atom. The molecule has 4 atom stereocenters. The Hall–Kier alpha value is -3.15. The topological polar surface area (TPSA) is 152 Å². The van der Waals surface area contributed by atoms with Crippen LogP contribution in [0.4, 0.5) is 0 Å². The maximum atomic E-state index is 11.9. The van der Waals surface area contributed by atoms with Crippen LogP contribution in [-0.4, -0.2) is 64.5 Å². The molecule has 184 valence electrons. The van der Waals surface area contributed by atoms with Gasteiger partial charge in [-0.2, -0.15) is 0 Å². The molecule has 34 heavy (non-hydrogen) atoms. The molecule has 10 nitrogen and oxygen atoms in total. The zero-order chi connectivity index (χ0) is 25.1. The minimum absolute atomic E-state index is 0.0681. The second-order valence-electron chi connectivity index (χ2n) is 7.46. The maximum absolute atomic E-state index is 11.9. The first kappa shape index (κ1) is 27.1. The smallest absolute Gasteiger partial charge is 0.308 e. The highest BCUT2D eigenvalue weighted by molar-refractivity contribution is 5.70. The van der Waals surface area contributed by atoms with Gasteiger partial charge in [-0.05, 0) is 12.1 Å². The number of carbonyl (C=O) groups is 3. The zero-order valence-corrected chi connectivity index (χ0v) is 18.9. The Bertz CT molecular complexity index is 965. The molecule has 0 bridgehead atoms. The van der Waals surface area contributed by atoms with Crippen molar-refractivity contribution in [1.82, 2.24) is 5.32 Å². The van der Waals surface area contributed by atoms with E-state index in [9.17, 15) is 29.7 Å². The molecule has 0 aliphatic carbocycles. The molecule has 0 saturated heterocycles. The van der Waals surface area contributed by atoms with Crippen LogP contribution >= 0.6 is 0 Å². The molecule has 0 aromatic heterocycles. The normalized spacial score (nSPS) is 14.5. The number of benzene rings is 2. The van der Waals surface area contributed by atoms with Crippen molar-refractivity contribution in [1.29, 1.82) is 0 Å². The highest BCUT2D eigenvalue weighted by Gasteiger charge is 2.34. The van der Waals surface area contributed by atoms with Gasteiger partial charge in [0.05, 0.1) is 19.3 Å². The molecule has 2 rings (SSSR count). The number of aldehydes is 1. The summed E-state index contributed by atoms with van der Waals surface area (Å²) < 4.78 is 16.1. The number of hydrogen-bond acceptors (Lipinski definition) is 10. The van der Waals surface area contributed by atoms with Crippen molar-refractivity contribution < 1.29 is 43.9 Å². The van der Waals surface area contributed by atoms with Gasteiger partial charge < -0.3 is 39.6 Å². The first-order chi connectivity index (χ1) is 16.3. The van der Waals surface area contributed by atoms with E-state index < -0.39 is 42.9 Å². The summed E-state index contributed by atoms with van der Waals surface area (Å²) in [4.78, 5) is 34.6. The molecule has 0 heterocycles. The van der Waals surface area contributed by atoms with E-state index in [2.05, 4.69) is 5.32 Å². The van der Waals surface area contributed by atoms with Crippen molar-refractivity contribution in [2.75, 3.05) is 6.61 Å². The number of aliphatic hydroxyl groups excluding tert-OH is 3. The fraction of sp³-hybridized carbons (Fsp3) is 0.375. The highest BCUT2D eigenvalue weighted by atomic mass is 16.5. The Morgan fingerprint density at radius 2 is 1.47 bits per heavy atom. The summed E-state index contributed by atoms with van der Waals surface area (Å²) in [5, 5.41) is 32.7. The van der Waals surface area contributed by atoms with Gasteiger partial charge in [0.15, 0.2) is 0 Å². The van der Waals surface area contributed by atoms with Gasteiger partial charge in [0, 0.05) is 31.5 Å². The van der Waals surface area contributed by atoms with Crippen LogP contribution in [0.15, 0.2) is 48.5 Å². The van der Waals surface area contributed by atoms with Gasteiger partial charge in [0.1, 0.15) is 36.1 Å². The minimum atomic E-state index is -1.63. The molecular weight excluding hydrogens is 446 g/mol. The fourth-order valence-corrected chi connectivity index (χ4v) is 3.18. The molecule has 0 amide bonds. The van der Waals surface area contributed by atoms with Crippen LogP contribution < -0.4 is 14.8 Å². The number of hydrogen-bond donors (Lipinski definition) is 4. The average molecular weight is 475 g/mol. The van der Waals surface area contributed by atoms with Gasteiger partial charge in [0.2, 0.25) is 0 Å². The predicted octanol–water partition coefficient (Wildman–Crippen LogP) is 0.494. The summed E-state index contributed by atoms with van der Waals surface area (Å²) in [6.07, 6.45) is -3.99. The summed E-state index contributed by atoms with van der Waals surface area (Å²) in [6, 6.07) is 12.1. The number of esters is 2. The van der Waals surface area contributed by atoms with Crippen molar-refractivity contribution in [3.05, 3.63) is 59.7 Å². The molecule has 0 fully saturated rings. The van der Waals surface area contributed by atoms with E-state index in [1.54, 1.807) is 48.5 Å². The van der Waals surface area contributed by atoms with Gasteiger partial charge in [-0.15, -0.1) is 0 Å². The Balaban J connectivity index is 2.21. The molecule has 0 saturated carbocycles. The number of para-hydroxylation sites is 2. The molecule has 10 heteroatoms. The third kappa shape index (κ3) is 8.01. The van der Waals surface area contributed by atoms with E-state index in [4.69, 9.17) is 14.2 Å². The quantitative estimate of drug-likeness (QED) is 0.183. The van der Waals surface area contributed by atoms with Crippen LogP contribution in [-0.2, 0) is 32.3 Å². The summed E-state index contributed by atoms with van der Waals surface area (Å²) in [7, 11) is 0. The van der Waals surface area contributed by atoms with E-state index in [0.717, 1.165) is 0 Å². The van der Waals surface area contributed by atoms with Gasteiger partial charge in [-0.1, -0.05) is 36.4 Å². The van der Waals surface area contributed by atoms with Crippen molar-refractivity contribution in [2.24, 2.45) is 0 Å². The molecule has 2 aromatic rings. The standard InChI is InChI=1S/C24H29NO9/c1-15(28)33-21-9-5-3-7-17(21)11-25-19(12-26)24(23(31)20(30)13-27)32-14-18-8-4-6-10-22(18)34-16(2)29/h3-10,12,19-20,23-25,27,30-31H,11,13-14H2,1-2H3/t19-,20-,23-,24-/m1/s1. The Morgan fingerprint density at radius 3 is 2.00 bits per heavy atom. The highest BCUT2D eigenvalue weighted by Crippen LogP contribution is 2.22.